The molecule has 156 valence electrons. The lowest BCUT2D eigenvalue weighted by Crippen LogP contribution is -2.29. The zero-order valence-electron chi connectivity index (χ0n) is 18.3. The first kappa shape index (κ1) is 21.6. The van der Waals surface area contributed by atoms with Crippen LogP contribution in [0.4, 0.5) is 5.69 Å². The summed E-state index contributed by atoms with van der Waals surface area (Å²) in [4.78, 5) is 2.40. The molecule has 0 amide bonds. The molecule has 0 unspecified atom stereocenters. The average Bonchev–Trinajstić information content (AvgIpc) is 3.17. The molecule has 0 saturated heterocycles. The van der Waals surface area contributed by atoms with Crippen LogP contribution in [0.15, 0.2) is 48.6 Å². The van der Waals surface area contributed by atoms with Crippen molar-refractivity contribution in [3.8, 4) is 0 Å². The van der Waals surface area contributed by atoms with Crippen molar-refractivity contribution in [3.63, 3.8) is 0 Å². The molecule has 0 N–H and O–H groups in total. The largest absolute Gasteiger partial charge is 0.364 e. The maximum Gasteiger partial charge on any atom is 0.159 e. The van der Waals surface area contributed by atoms with E-state index in [1.54, 1.807) is 20.8 Å². The Hall–Kier alpha value is -2.07. The van der Waals surface area contributed by atoms with Crippen LogP contribution in [-0.4, -0.2) is 26.3 Å². The summed E-state index contributed by atoms with van der Waals surface area (Å²) < 4.78 is 24.1. The second-order valence-electron chi connectivity index (χ2n) is 9.06. The highest BCUT2D eigenvalue weighted by atomic mass is 32.2. The van der Waals surface area contributed by atoms with Crippen molar-refractivity contribution in [1.29, 1.82) is 0 Å². The Bertz CT molecular complexity index is 988. The first-order valence-electron chi connectivity index (χ1n) is 10.4. The van der Waals surface area contributed by atoms with Crippen LogP contribution in [0.2, 0.25) is 0 Å². The SMILES string of the molecule is Cc1c(CCc2ccc(CS(=O)(=O)C(C)(C)C)cc2)ccc(N2CC=CC2)c1C. The molecule has 0 atom stereocenters. The van der Waals surface area contributed by atoms with E-state index in [1.807, 2.05) is 12.1 Å². The van der Waals surface area contributed by atoms with Gasteiger partial charge in [0, 0.05) is 18.8 Å². The summed E-state index contributed by atoms with van der Waals surface area (Å²) in [5.41, 5.74) is 7.57. The minimum absolute atomic E-state index is 0.0991. The number of anilines is 1. The molecule has 0 spiro atoms. The van der Waals surface area contributed by atoms with Gasteiger partial charge in [0.05, 0.1) is 10.5 Å². The van der Waals surface area contributed by atoms with Crippen molar-refractivity contribution in [1.82, 2.24) is 0 Å². The number of rotatable bonds is 6. The highest BCUT2D eigenvalue weighted by Crippen LogP contribution is 2.28. The van der Waals surface area contributed by atoms with Crippen molar-refractivity contribution in [3.05, 3.63) is 76.4 Å². The van der Waals surface area contributed by atoms with E-state index in [1.165, 1.54) is 27.9 Å². The molecule has 0 radical (unpaired) electrons. The molecule has 0 bridgehead atoms. The fourth-order valence-electron chi connectivity index (χ4n) is 3.67. The Morgan fingerprint density at radius 2 is 1.41 bits per heavy atom. The number of aryl methyl sites for hydroxylation is 2. The third kappa shape index (κ3) is 4.92. The summed E-state index contributed by atoms with van der Waals surface area (Å²) in [6.07, 6.45) is 6.39. The van der Waals surface area contributed by atoms with Crippen LogP contribution in [0.25, 0.3) is 0 Å². The maximum atomic E-state index is 12.4. The average molecular weight is 412 g/mol. The molecular weight excluding hydrogens is 378 g/mol. The quantitative estimate of drug-likeness (QED) is 0.615. The molecular formula is C25H33NO2S. The number of nitrogens with zero attached hydrogens (tertiary/aromatic N) is 1. The standard InChI is InChI=1S/C25H33NO2S/c1-19-20(2)24(26-16-6-7-17-26)15-14-23(19)13-12-21-8-10-22(11-9-21)18-29(27,28)25(3,4)5/h6-11,14-15H,12-13,16-18H2,1-5H3. The van der Waals surface area contributed by atoms with E-state index >= 15 is 0 Å². The topological polar surface area (TPSA) is 37.4 Å². The van der Waals surface area contributed by atoms with Crippen molar-refractivity contribution >= 4 is 15.5 Å². The van der Waals surface area contributed by atoms with Gasteiger partial charge in [0.2, 0.25) is 0 Å². The zero-order valence-corrected chi connectivity index (χ0v) is 19.1. The zero-order chi connectivity index (χ0) is 21.2. The van der Waals surface area contributed by atoms with Gasteiger partial charge < -0.3 is 4.90 Å². The first-order valence-corrected chi connectivity index (χ1v) is 12.0. The fraction of sp³-hybridized carbons (Fsp3) is 0.440. The second-order valence-corrected chi connectivity index (χ2v) is 11.8. The molecule has 1 aliphatic rings. The Morgan fingerprint density at radius 1 is 0.828 bits per heavy atom. The fourth-order valence-corrected chi connectivity index (χ4v) is 4.73. The van der Waals surface area contributed by atoms with E-state index in [0.717, 1.165) is 31.5 Å². The Balaban J connectivity index is 1.65. The van der Waals surface area contributed by atoms with Crippen LogP contribution < -0.4 is 4.90 Å². The van der Waals surface area contributed by atoms with Gasteiger partial charge in [0.1, 0.15) is 0 Å². The molecule has 1 heterocycles. The summed E-state index contributed by atoms with van der Waals surface area (Å²) in [6, 6.07) is 12.6. The van der Waals surface area contributed by atoms with E-state index in [4.69, 9.17) is 0 Å². The number of hydrogen-bond acceptors (Lipinski definition) is 3. The molecule has 2 aromatic carbocycles. The lowest BCUT2D eigenvalue weighted by atomic mass is 9.95. The predicted octanol–water partition coefficient (Wildman–Crippen LogP) is 5.18. The van der Waals surface area contributed by atoms with Gasteiger partial charge >= 0.3 is 0 Å². The van der Waals surface area contributed by atoms with Crippen LogP contribution in [-0.2, 0) is 28.4 Å². The molecule has 3 nitrogen and oxygen atoms in total. The van der Waals surface area contributed by atoms with E-state index in [2.05, 4.69) is 55.2 Å². The van der Waals surface area contributed by atoms with Gasteiger partial charge in [-0.05, 0) is 81.3 Å². The number of sulfone groups is 1. The summed E-state index contributed by atoms with van der Waals surface area (Å²) in [7, 11) is -3.15. The molecule has 0 aliphatic carbocycles. The molecule has 2 aromatic rings. The van der Waals surface area contributed by atoms with E-state index in [-0.39, 0.29) is 5.75 Å². The molecule has 0 saturated carbocycles. The first-order chi connectivity index (χ1) is 13.6. The van der Waals surface area contributed by atoms with Gasteiger partial charge in [-0.2, -0.15) is 0 Å². The minimum Gasteiger partial charge on any atom is -0.364 e. The lowest BCUT2D eigenvalue weighted by molar-refractivity contribution is 0.559. The molecule has 4 heteroatoms. The summed E-state index contributed by atoms with van der Waals surface area (Å²) in [5.74, 6) is 0.0991. The Labute approximate surface area is 176 Å². The van der Waals surface area contributed by atoms with Gasteiger partial charge in [-0.1, -0.05) is 42.5 Å². The van der Waals surface area contributed by atoms with Crippen LogP contribution in [0.5, 0.6) is 0 Å². The summed E-state index contributed by atoms with van der Waals surface area (Å²) in [6.45, 7) is 11.7. The van der Waals surface area contributed by atoms with Gasteiger partial charge in [-0.15, -0.1) is 0 Å². The van der Waals surface area contributed by atoms with Crippen molar-refractivity contribution in [2.45, 2.75) is 58.0 Å². The Morgan fingerprint density at radius 3 is 2.00 bits per heavy atom. The minimum atomic E-state index is -3.15. The van der Waals surface area contributed by atoms with Gasteiger partial charge in [0.25, 0.3) is 0 Å². The molecule has 0 aromatic heterocycles. The normalized spacial score (nSPS) is 14.6. The van der Waals surface area contributed by atoms with Crippen LogP contribution >= 0.6 is 0 Å². The van der Waals surface area contributed by atoms with Crippen LogP contribution in [0.1, 0.15) is 48.6 Å². The monoisotopic (exact) mass is 411 g/mol. The summed E-state index contributed by atoms with van der Waals surface area (Å²) >= 11 is 0. The smallest absolute Gasteiger partial charge is 0.159 e. The van der Waals surface area contributed by atoms with Gasteiger partial charge in [-0.3, -0.25) is 0 Å². The highest BCUT2D eigenvalue weighted by molar-refractivity contribution is 7.91. The third-order valence-corrected chi connectivity index (χ3v) is 8.60. The predicted molar refractivity (Wildman–Crippen MR) is 123 cm³/mol. The number of benzene rings is 2. The second kappa shape index (κ2) is 8.35. The number of hydrogen-bond donors (Lipinski definition) is 0. The van der Waals surface area contributed by atoms with Crippen molar-refractivity contribution in [2.75, 3.05) is 18.0 Å². The van der Waals surface area contributed by atoms with E-state index < -0.39 is 14.6 Å². The summed E-state index contributed by atoms with van der Waals surface area (Å²) in [5, 5.41) is 0. The molecule has 3 rings (SSSR count). The molecule has 1 aliphatic heterocycles. The van der Waals surface area contributed by atoms with E-state index in [9.17, 15) is 8.42 Å². The van der Waals surface area contributed by atoms with Crippen LogP contribution in [0.3, 0.4) is 0 Å². The van der Waals surface area contributed by atoms with Crippen LogP contribution in [0, 0.1) is 13.8 Å². The lowest BCUT2D eigenvalue weighted by Gasteiger charge is -2.23. The molecule has 0 fully saturated rings. The van der Waals surface area contributed by atoms with Crippen molar-refractivity contribution < 1.29 is 8.42 Å². The maximum absolute atomic E-state index is 12.4. The van der Waals surface area contributed by atoms with E-state index in [0.29, 0.717) is 0 Å². The van der Waals surface area contributed by atoms with Gasteiger partial charge in [0.15, 0.2) is 9.84 Å². The van der Waals surface area contributed by atoms with Gasteiger partial charge in [-0.25, -0.2) is 8.42 Å². The highest BCUT2D eigenvalue weighted by Gasteiger charge is 2.28. The molecule has 29 heavy (non-hydrogen) atoms. The third-order valence-electron chi connectivity index (χ3n) is 6.03. The Kier molecular flexibility index (Phi) is 6.23. The van der Waals surface area contributed by atoms with Crippen molar-refractivity contribution in [2.24, 2.45) is 0 Å².